The minimum Gasteiger partial charge on any atom is -0.618 e. The van der Waals surface area contributed by atoms with Gasteiger partial charge in [-0.2, -0.15) is 4.74 Å². The van der Waals surface area contributed by atoms with Gasteiger partial charge in [0, 0.05) is 18.2 Å². The van der Waals surface area contributed by atoms with Crippen molar-refractivity contribution in [2.75, 3.05) is 0 Å². The van der Waals surface area contributed by atoms with Crippen LogP contribution in [0.15, 0.2) is 48.5 Å². The molecule has 0 radical (unpaired) electrons. The average Bonchev–Trinajstić information content (AvgIpc) is 2.47. The maximum absolute atomic E-state index is 12.0. The standard InChI is InChI=1S/C14H12N2O4/c17-10-11-4-3-6-13(8-11)15(18)9-12-5-1-2-7-14(12)16(19)20/h1-9,17H,10H2. The van der Waals surface area contributed by atoms with Crippen molar-refractivity contribution >= 4 is 17.6 Å². The lowest BCUT2D eigenvalue weighted by molar-refractivity contribution is -0.386. The van der Waals surface area contributed by atoms with Gasteiger partial charge in [0.1, 0.15) is 5.56 Å². The van der Waals surface area contributed by atoms with Crippen LogP contribution in [0.1, 0.15) is 11.1 Å². The number of nitrogens with zero attached hydrogens (tertiary/aromatic N) is 2. The van der Waals surface area contributed by atoms with Gasteiger partial charge in [-0.1, -0.05) is 24.3 Å². The van der Waals surface area contributed by atoms with Gasteiger partial charge in [-0.25, -0.2) is 0 Å². The van der Waals surface area contributed by atoms with E-state index in [0.29, 0.717) is 16.0 Å². The summed E-state index contributed by atoms with van der Waals surface area (Å²) in [5.74, 6) is 0. The van der Waals surface area contributed by atoms with Crippen LogP contribution in [0, 0.1) is 15.3 Å². The maximum Gasteiger partial charge on any atom is 0.282 e. The molecule has 0 saturated carbocycles. The Morgan fingerprint density at radius 3 is 2.55 bits per heavy atom. The van der Waals surface area contributed by atoms with Crippen LogP contribution in [-0.4, -0.2) is 21.0 Å². The van der Waals surface area contributed by atoms with Crippen LogP contribution in [0.5, 0.6) is 0 Å². The molecule has 102 valence electrons. The number of rotatable bonds is 4. The van der Waals surface area contributed by atoms with E-state index >= 15 is 0 Å². The van der Waals surface area contributed by atoms with E-state index in [-0.39, 0.29) is 17.9 Å². The Balaban J connectivity index is 2.42. The van der Waals surface area contributed by atoms with E-state index in [9.17, 15) is 15.3 Å². The number of para-hydroxylation sites is 1. The van der Waals surface area contributed by atoms with Crippen molar-refractivity contribution in [1.29, 1.82) is 0 Å². The number of hydrogen-bond acceptors (Lipinski definition) is 4. The fraction of sp³-hybridized carbons (Fsp3) is 0.0714. The minimum atomic E-state index is -0.538. The fourth-order valence-electron chi connectivity index (χ4n) is 1.76. The van der Waals surface area contributed by atoms with E-state index in [0.717, 1.165) is 6.21 Å². The predicted molar refractivity (Wildman–Crippen MR) is 73.9 cm³/mol. The van der Waals surface area contributed by atoms with Gasteiger partial charge in [-0.15, -0.1) is 0 Å². The Morgan fingerprint density at radius 2 is 1.85 bits per heavy atom. The smallest absolute Gasteiger partial charge is 0.282 e. The fourth-order valence-corrected chi connectivity index (χ4v) is 1.76. The van der Waals surface area contributed by atoms with Crippen LogP contribution in [0.4, 0.5) is 11.4 Å². The molecular formula is C14H12N2O4. The minimum absolute atomic E-state index is 0.133. The third kappa shape index (κ3) is 2.99. The summed E-state index contributed by atoms with van der Waals surface area (Å²) >= 11 is 0. The first kappa shape index (κ1) is 13.7. The third-order valence-corrected chi connectivity index (χ3v) is 2.74. The molecule has 1 N–H and O–H groups in total. The summed E-state index contributed by atoms with van der Waals surface area (Å²) in [7, 11) is 0. The molecule has 2 aromatic rings. The second-order valence-corrected chi connectivity index (χ2v) is 4.10. The summed E-state index contributed by atoms with van der Waals surface area (Å²) in [6.45, 7) is -0.173. The molecule has 0 atom stereocenters. The van der Waals surface area contributed by atoms with Gasteiger partial charge in [0.2, 0.25) is 5.69 Å². The number of nitro benzene ring substituents is 1. The van der Waals surface area contributed by atoms with Gasteiger partial charge in [-0.05, 0) is 11.6 Å². The third-order valence-electron chi connectivity index (χ3n) is 2.74. The normalized spacial score (nSPS) is 11.3. The van der Waals surface area contributed by atoms with Crippen molar-refractivity contribution in [2.45, 2.75) is 6.61 Å². The number of aliphatic hydroxyl groups excluding tert-OH is 1. The molecule has 6 heteroatoms. The number of nitro groups is 1. The van der Waals surface area contributed by atoms with Crippen LogP contribution in [0.2, 0.25) is 0 Å². The van der Waals surface area contributed by atoms with Crippen molar-refractivity contribution < 1.29 is 14.8 Å². The Hall–Kier alpha value is -2.73. The molecule has 20 heavy (non-hydrogen) atoms. The lowest BCUT2D eigenvalue weighted by Gasteiger charge is -2.04. The molecule has 0 bridgehead atoms. The molecule has 6 nitrogen and oxygen atoms in total. The SMILES string of the molecule is O=[N+]([O-])c1ccccc1C=[N+]([O-])c1cccc(CO)c1. The van der Waals surface area contributed by atoms with Crippen LogP contribution in [0.3, 0.4) is 0 Å². The number of benzene rings is 2. The topological polar surface area (TPSA) is 89.4 Å². The van der Waals surface area contributed by atoms with Crippen molar-refractivity contribution in [1.82, 2.24) is 0 Å². The van der Waals surface area contributed by atoms with Gasteiger partial charge in [0.15, 0.2) is 6.21 Å². The summed E-state index contributed by atoms with van der Waals surface area (Å²) < 4.78 is 0.543. The van der Waals surface area contributed by atoms with Crippen molar-refractivity contribution in [3.8, 4) is 0 Å². The molecule has 0 aliphatic heterocycles. The molecule has 2 aromatic carbocycles. The zero-order valence-corrected chi connectivity index (χ0v) is 10.5. The summed E-state index contributed by atoms with van der Waals surface area (Å²) in [5, 5.41) is 31.9. The van der Waals surface area contributed by atoms with Crippen LogP contribution in [-0.2, 0) is 6.61 Å². The molecule has 0 aliphatic rings. The van der Waals surface area contributed by atoms with Gasteiger partial charge in [0.25, 0.3) is 5.69 Å². The average molecular weight is 272 g/mol. The van der Waals surface area contributed by atoms with E-state index in [1.807, 2.05) is 0 Å². The van der Waals surface area contributed by atoms with Crippen LogP contribution >= 0.6 is 0 Å². The highest BCUT2D eigenvalue weighted by molar-refractivity contribution is 5.82. The van der Waals surface area contributed by atoms with E-state index < -0.39 is 4.92 Å². The van der Waals surface area contributed by atoms with E-state index in [1.54, 1.807) is 24.3 Å². The Labute approximate surface area is 115 Å². The summed E-state index contributed by atoms with van der Waals surface area (Å²) in [4.78, 5) is 10.3. The molecule has 0 spiro atoms. The molecule has 0 unspecified atom stereocenters. The molecular weight excluding hydrogens is 260 g/mol. The van der Waals surface area contributed by atoms with Gasteiger partial charge in [0.05, 0.1) is 11.5 Å². The molecule has 2 rings (SSSR count). The van der Waals surface area contributed by atoms with Crippen molar-refractivity contribution in [2.24, 2.45) is 0 Å². The predicted octanol–water partition coefficient (Wildman–Crippen LogP) is 2.35. The summed E-state index contributed by atoms with van der Waals surface area (Å²) in [6.07, 6.45) is 1.15. The molecule has 0 aliphatic carbocycles. The van der Waals surface area contributed by atoms with Crippen LogP contribution in [0.25, 0.3) is 0 Å². The van der Waals surface area contributed by atoms with E-state index in [2.05, 4.69) is 0 Å². The molecule has 0 saturated heterocycles. The molecule has 0 aromatic heterocycles. The second kappa shape index (κ2) is 5.94. The first-order valence-corrected chi connectivity index (χ1v) is 5.86. The zero-order chi connectivity index (χ0) is 14.5. The molecule has 0 amide bonds. The Bertz CT molecular complexity index is 668. The Morgan fingerprint density at radius 1 is 1.10 bits per heavy atom. The highest BCUT2D eigenvalue weighted by Gasteiger charge is 2.14. The number of aliphatic hydroxyl groups is 1. The molecule has 0 fully saturated rings. The quantitative estimate of drug-likeness (QED) is 0.304. The lowest BCUT2D eigenvalue weighted by atomic mass is 10.2. The highest BCUT2D eigenvalue weighted by atomic mass is 16.6. The van der Waals surface area contributed by atoms with E-state index in [1.165, 1.54) is 24.3 Å². The lowest BCUT2D eigenvalue weighted by Crippen LogP contribution is -2.02. The van der Waals surface area contributed by atoms with E-state index in [4.69, 9.17) is 5.11 Å². The first-order valence-electron chi connectivity index (χ1n) is 5.86. The molecule has 0 heterocycles. The maximum atomic E-state index is 12.0. The summed E-state index contributed by atoms with van der Waals surface area (Å²) in [6, 6.07) is 12.4. The van der Waals surface area contributed by atoms with Gasteiger partial charge in [-0.3, -0.25) is 10.1 Å². The van der Waals surface area contributed by atoms with Crippen LogP contribution < -0.4 is 0 Å². The Kier molecular flexibility index (Phi) is 4.07. The van der Waals surface area contributed by atoms with Gasteiger partial charge < -0.3 is 10.3 Å². The number of hydrogen-bond donors (Lipinski definition) is 1. The van der Waals surface area contributed by atoms with Crippen molar-refractivity contribution in [3.63, 3.8) is 0 Å². The monoisotopic (exact) mass is 272 g/mol. The second-order valence-electron chi connectivity index (χ2n) is 4.10. The van der Waals surface area contributed by atoms with Crippen molar-refractivity contribution in [3.05, 3.63) is 75.0 Å². The largest absolute Gasteiger partial charge is 0.618 e. The zero-order valence-electron chi connectivity index (χ0n) is 10.5. The summed E-state index contributed by atoms with van der Waals surface area (Å²) in [5.41, 5.74) is 0.988. The highest BCUT2D eigenvalue weighted by Crippen LogP contribution is 2.18. The first-order chi connectivity index (χ1) is 9.61. The van der Waals surface area contributed by atoms with Gasteiger partial charge >= 0.3 is 0 Å².